The number of primary amides is 1. The van der Waals surface area contributed by atoms with Crippen LogP contribution in [0.1, 0.15) is 26.4 Å². The number of hydrogen-bond donors (Lipinski definition) is 2. The standard InChI is InChI=1S/C16H18N2O3S/c1-9-4-5-10(2)13(6-9)21-8-14(19)18-16-12(15(17)20)7-11(3)22-16/h4-7H,8H2,1-3H3,(H2,17,20)(H,18,19). The van der Waals surface area contributed by atoms with Crippen molar-refractivity contribution < 1.29 is 14.3 Å². The molecule has 0 radical (unpaired) electrons. The highest BCUT2D eigenvalue weighted by molar-refractivity contribution is 7.16. The molecule has 1 aromatic carbocycles. The van der Waals surface area contributed by atoms with Crippen LogP contribution in [-0.4, -0.2) is 18.4 Å². The lowest BCUT2D eigenvalue weighted by Crippen LogP contribution is -2.22. The average molecular weight is 318 g/mol. The second-order valence-corrected chi connectivity index (χ2v) is 6.33. The summed E-state index contributed by atoms with van der Waals surface area (Å²) >= 11 is 1.31. The third-order valence-corrected chi connectivity index (χ3v) is 4.04. The number of thiophene rings is 1. The SMILES string of the molecule is Cc1ccc(C)c(OCC(=O)Nc2sc(C)cc2C(N)=O)c1. The monoisotopic (exact) mass is 318 g/mol. The van der Waals surface area contributed by atoms with E-state index in [-0.39, 0.29) is 12.5 Å². The first-order valence-corrected chi connectivity index (χ1v) is 7.58. The maximum atomic E-state index is 12.0. The first kappa shape index (κ1) is 16.0. The van der Waals surface area contributed by atoms with Crippen LogP contribution in [0, 0.1) is 20.8 Å². The van der Waals surface area contributed by atoms with Gasteiger partial charge in [-0.2, -0.15) is 0 Å². The zero-order valence-electron chi connectivity index (χ0n) is 12.7. The number of benzene rings is 1. The molecule has 22 heavy (non-hydrogen) atoms. The minimum Gasteiger partial charge on any atom is -0.483 e. The van der Waals surface area contributed by atoms with Gasteiger partial charge in [0.15, 0.2) is 6.61 Å². The van der Waals surface area contributed by atoms with Crippen LogP contribution in [0.5, 0.6) is 5.75 Å². The molecule has 1 aromatic heterocycles. The van der Waals surface area contributed by atoms with Crippen LogP contribution < -0.4 is 15.8 Å². The first-order chi connectivity index (χ1) is 10.4. The minimum absolute atomic E-state index is 0.126. The smallest absolute Gasteiger partial charge is 0.262 e. The van der Waals surface area contributed by atoms with E-state index in [1.807, 2.05) is 39.0 Å². The van der Waals surface area contributed by atoms with E-state index < -0.39 is 5.91 Å². The summed E-state index contributed by atoms with van der Waals surface area (Å²) in [4.78, 5) is 24.2. The third kappa shape index (κ3) is 3.85. The highest BCUT2D eigenvalue weighted by Crippen LogP contribution is 2.27. The van der Waals surface area contributed by atoms with Crippen LogP contribution in [0.15, 0.2) is 24.3 Å². The predicted molar refractivity (Wildman–Crippen MR) is 87.6 cm³/mol. The number of anilines is 1. The van der Waals surface area contributed by atoms with Gasteiger partial charge in [0.1, 0.15) is 10.8 Å². The van der Waals surface area contributed by atoms with E-state index in [0.29, 0.717) is 16.3 Å². The normalized spacial score (nSPS) is 10.3. The second kappa shape index (κ2) is 6.62. The summed E-state index contributed by atoms with van der Waals surface area (Å²) in [5.41, 5.74) is 7.63. The molecule has 0 saturated carbocycles. The van der Waals surface area contributed by atoms with E-state index in [1.54, 1.807) is 6.07 Å². The molecule has 0 aliphatic heterocycles. The molecule has 0 atom stereocenters. The summed E-state index contributed by atoms with van der Waals surface area (Å²) in [6.07, 6.45) is 0. The summed E-state index contributed by atoms with van der Waals surface area (Å²) in [5, 5.41) is 3.13. The van der Waals surface area contributed by atoms with Crippen molar-refractivity contribution >= 4 is 28.2 Å². The van der Waals surface area contributed by atoms with Crippen LogP contribution in [0.2, 0.25) is 0 Å². The van der Waals surface area contributed by atoms with Crippen LogP contribution in [0.25, 0.3) is 0 Å². The largest absolute Gasteiger partial charge is 0.483 e. The fourth-order valence-corrected chi connectivity index (χ4v) is 2.89. The van der Waals surface area contributed by atoms with E-state index in [1.165, 1.54) is 11.3 Å². The molecule has 5 nitrogen and oxygen atoms in total. The molecule has 2 amide bonds. The molecule has 116 valence electrons. The number of nitrogens with one attached hydrogen (secondary N) is 1. The Morgan fingerprint density at radius 3 is 2.64 bits per heavy atom. The summed E-state index contributed by atoms with van der Waals surface area (Å²) < 4.78 is 5.54. The van der Waals surface area contributed by atoms with E-state index in [2.05, 4.69) is 5.32 Å². The molecule has 0 aliphatic rings. The van der Waals surface area contributed by atoms with Gasteiger partial charge >= 0.3 is 0 Å². The predicted octanol–water partition coefficient (Wildman–Crippen LogP) is 2.79. The molecule has 0 fully saturated rings. The van der Waals surface area contributed by atoms with Gasteiger partial charge in [0.05, 0.1) is 5.56 Å². The van der Waals surface area contributed by atoms with Crippen molar-refractivity contribution in [3.05, 3.63) is 45.8 Å². The lowest BCUT2D eigenvalue weighted by molar-refractivity contribution is -0.118. The summed E-state index contributed by atoms with van der Waals surface area (Å²) in [7, 11) is 0. The molecule has 2 rings (SSSR count). The number of carbonyl (C=O) groups is 2. The van der Waals surface area contributed by atoms with E-state index in [0.717, 1.165) is 16.0 Å². The summed E-state index contributed by atoms with van der Waals surface area (Å²) in [5.74, 6) is -0.215. The van der Waals surface area contributed by atoms with Gasteiger partial charge in [-0.25, -0.2) is 0 Å². The van der Waals surface area contributed by atoms with Crippen LogP contribution in [0.4, 0.5) is 5.00 Å². The highest BCUT2D eigenvalue weighted by atomic mass is 32.1. The zero-order valence-corrected chi connectivity index (χ0v) is 13.5. The molecule has 1 heterocycles. The van der Waals surface area contributed by atoms with Crippen molar-refractivity contribution in [3.8, 4) is 5.75 Å². The van der Waals surface area contributed by atoms with Gasteiger partial charge < -0.3 is 15.8 Å². The van der Waals surface area contributed by atoms with Crippen molar-refractivity contribution in [2.45, 2.75) is 20.8 Å². The summed E-state index contributed by atoms with van der Waals surface area (Å²) in [6.45, 7) is 5.60. The number of ether oxygens (including phenoxy) is 1. The van der Waals surface area contributed by atoms with Crippen molar-refractivity contribution in [1.82, 2.24) is 0 Å². The first-order valence-electron chi connectivity index (χ1n) is 6.77. The van der Waals surface area contributed by atoms with Gasteiger partial charge in [0.2, 0.25) is 0 Å². The molecule has 0 spiro atoms. The molecule has 3 N–H and O–H groups in total. The number of aryl methyl sites for hydroxylation is 3. The highest BCUT2D eigenvalue weighted by Gasteiger charge is 2.15. The van der Waals surface area contributed by atoms with Crippen molar-refractivity contribution in [3.63, 3.8) is 0 Å². The quantitative estimate of drug-likeness (QED) is 0.889. The topological polar surface area (TPSA) is 81.4 Å². The van der Waals surface area contributed by atoms with Crippen molar-refractivity contribution in [2.75, 3.05) is 11.9 Å². The Morgan fingerprint density at radius 1 is 1.23 bits per heavy atom. The Kier molecular flexibility index (Phi) is 4.82. The molecular formula is C16H18N2O3S. The number of amides is 2. The number of hydrogen-bond acceptors (Lipinski definition) is 4. The molecule has 0 unspecified atom stereocenters. The van der Waals surface area contributed by atoms with Crippen LogP contribution >= 0.6 is 11.3 Å². The molecule has 0 saturated heterocycles. The van der Waals surface area contributed by atoms with E-state index >= 15 is 0 Å². The van der Waals surface area contributed by atoms with E-state index in [9.17, 15) is 9.59 Å². The fraction of sp³-hybridized carbons (Fsp3) is 0.250. The Bertz CT molecular complexity index is 722. The lowest BCUT2D eigenvalue weighted by atomic mass is 10.1. The maximum Gasteiger partial charge on any atom is 0.262 e. The molecule has 0 aliphatic carbocycles. The minimum atomic E-state index is -0.560. The average Bonchev–Trinajstić information content (AvgIpc) is 2.81. The molecule has 6 heteroatoms. The van der Waals surface area contributed by atoms with Gasteiger partial charge in [0.25, 0.3) is 11.8 Å². The zero-order chi connectivity index (χ0) is 16.3. The van der Waals surface area contributed by atoms with Crippen molar-refractivity contribution in [2.24, 2.45) is 5.73 Å². The molecular weight excluding hydrogens is 300 g/mol. The Labute approximate surface area is 133 Å². The third-order valence-electron chi connectivity index (χ3n) is 3.08. The Morgan fingerprint density at radius 2 is 1.95 bits per heavy atom. The van der Waals surface area contributed by atoms with Crippen LogP contribution in [0.3, 0.4) is 0 Å². The van der Waals surface area contributed by atoms with Gasteiger partial charge in [-0.05, 0) is 44.0 Å². The van der Waals surface area contributed by atoms with Gasteiger partial charge in [-0.3, -0.25) is 9.59 Å². The van der Waals surface area contributed by atoms with Gasteiger partial charge in [-0.1, -0.05) is 12.1 Å². The number of rotatable bonds is 5. The van der Waals surface area contributed by atoms with Gasteiger partial charge in [-0.15, -0.1) is 11.3 Å². The maximum absolute atomic E-state index is 12.0. The fourth-order valence-electron chi connectivity index (χ4n) is 1.96. The van der Waals surface area contributed by atoms with Crippen molar-refractivity contribution in [1.29, 1.82) is 0 Å². The van der Waals surface area contributed by atoms with Crippen LogP contribution in [-0.2, 0) is 4.79 Å². The van der Waals surface area contributed by atoms with Gasteiger partial charge in [0, 0.05) is 4.88 Å². The summed E-state index contributed by atoms with van der Waals surface area (Å²) in [6, 6.07) is 7.47. The second-order valence-electron chi connectivity index (χ2n) is 5.07. The molecule has 0 bridgehead atoms. The number of carbonyl (C=O) groups excluding carboxylic acids is 2. The molecule has 2 aromatic rings. The number of nitrogens with two attached hydrogens (primary N) is 1. The lowest BCUT2D eigenvalue weighted by Gasteiger charge is -2.10. The Balaban J connectivity index is 2.02. The Hall–Kier alpha value is -2.34. The van der Waals surface area contributed by atoms with E-state index in [4.69, 9.17) is 10.5 Å².